The topological polar surface area (TPSA) is 92.6 Å². The molecule has 1 atom stereocenters. The maximum absolute atomic E-state index is 13.7. The highest BCUT2D eigenvalue weighted by Crippen LogP contribution is 2.44. The first kappa shape index (κ1) is 32.3. The number of ketones is 1. The lowest BCUT2D eigenvalue weighted by atomic mass is 9.94. The van der Waals surface area contributed by atoms with Gasteiger partial charge in [0, 0.05) is 11.3 Å². The number of fused-ring (bicyclic) bond motifs is 1. The number of rotatable bonds is 10. The van der Waals surface area contributed by atoms with Crippen LogP contribution in [-0.4, -0.2) is 27.0 Å². The van der Waals surface area contributed by atoms with E-state index in [-0.39, 0.29) is 11.3 Å². The molecule has 2 heterocycles. The minimum atomic E-state index is -0.882. The second-order valence-corrected chi connectivity index (χ2v) is 14.0. The molecular formula is C40H33N3O4S2. The van der Waals surface area contributed by atoms with Gasteiger partial charge in [-0.15, -0.1) is 10.2 Å². The summed E-state index contributed by atoms with van der Waals surface area (Å²) in [6, 6.07) is 36.3. The molecule has 5 aromatic carbocycles. The minimum Gasteiger partial charge on any atom is -0.507 e. The van der Waals surface area contributed by atoms with Gasteiger partial charge in [0.2, 0.25) is 5.13 Å². The number of thioether (sulfide) groups is 1. The van der Waals surface area contributed by atoms with E-state index in [2.05, 4.69) is 47.5 Å². The van der Waals surface area contributed by atoms with Crippen LogP contribution in [0.1, 0.15) is 46.3 Å². The lowest BCUT2D eigenvalue weighted by Gasteiger charge is -2.22. The Bertz CT molecular complexity index is 2190. The highest BCUT2D eigenvalue weighted by Gasteiger charge is 2.48. The molecule has 1 N–H and O–H groups in total. The number of amides is 1. The third kappa shape index (κ3) is 6.72. The number of carbonyl (C=O) groups excluding carboxylic acids is 2. The molecule has 0 spiro atoms. The number of ether oxygens (including phenoxy) is 1. The SMILES string of the molecule is CCc1ccc(C2/C(=C(\O)c3ccc(OCc4cccc(C)c4)cc3)C(=O)C(=O)N2c2nnc(SCc3cccc4ccccc34)s2)cc1. The molecule has 6 aromatic rings. The van der Waals surface area contributed by atoms with Gasteiger partial charge in [-0.2, -0.15) is 0 Å². The normalized spacial score (nSPS) is 15.6. The molecule has 0 saturated carbocycles. The summed E-state index contributed by atoms with van der Waals surface area (Å²) in [5.74, 6) is -0.507. The second-order valence-electron chi connectivity index (χ2n) is 11.8. The van der Waals surface area contributed by atoms with Gasteiger partial charge < -0.3 is 9.84 Å². The average Bonchev–Trinajstić information content (AvgIpc) is 3.71. The molecule has 7 nitrogen and oxygen atoms in total. The molecule has 0 bridgehead atoms. The third-order valence-corrected chi connectivity index (χ3v) is 10.7. The van der Waals surface area contributed by atoms with Crippen LogP contribution in [0.25, 0.3) is 16.5 Å². The smallest absolute Gasteiger partial charge is 0.301 e. The molecule has 7 rings (SSSR count). The summed E-state index contributed by atoms with van der Waals surface area (Å²) in [6.07, 6.45) is 0.840. The van der Waals surface area contributed by atoms with Gasteiger partial charge in [0.1, 0.15) is 18.1 Å². The number of hydrogen-bond acceptors (Lipinski definition) is 8. The summed E-state index contributed by atoms with van der Waals surface area (Å²) in [5.41, 5.74) is 5.58. The summed E-state index contributed by atoms with van der Waals surface area (Å²) < 4.78 is 6.63. The molecule has 1 fully saturated rings. The summed E-state index contributed by atoms with van der Waals surface area (Å²) >= 11 is 2.78. The van der Waals surface area contributed by atoms with Crippen molar-refractivity contribution in [3.63, 3.8) is 0 Å². The molecule has 0 aliphatic carbocycles. The molecule has 1 amide bonds. The van der Waals surface area contributed by atoms with Crippen LogP contribution in [0.2, 0.25) is 0 Å². The number of Topliss-reactive ketones (excluding diaryl/α,β-unsaturated/α-hetero) is 1. The first-order chi connectivity index (χ1) is 23.9. The number of benzene rings is 5. The van der Waals surface area contributed by atoms with Crippen molar-refractivity contribution in [2.24, 2.45) is 0 Å². The van der Waals surface area contributed by atoms with Crippen LogP contribution in [0.4, 0.5) is 5.13 Å². The van der Waals surface area contributed by atoms with Gasteiger partial charge in [0.15, 0.2) is 4.34 Å². The zero-order valence-corrected chi connectivity index (χ0v) is 28.6. The van der Waals surface area contributed by atoms with Gasteiger partial charge >= 0.3 is 5.91 Å². The van der Waals surface area contributed by atoms with Gasteiger partial charge in [0.25, 0.3) is 5.78 Å². The van der Waals surface area contributed by atoms with Crippen LogP contribution in [0, 0.1) is 6.92 Å². The molecule has 244 valence electrons. The van der Waals surface area contributed by atoms with Crippen molar-refractivity contribution >= 4 is 56.5 Å². The summed E-state index contributed by atoms with van der Waals surface area (Å²) in [5, 5.41) is 23.0. The number of aromatic nitrogens is 2. The number of hydrogen-bond donors (Lipinski definition) is 1. The van der Waals surface area contributed by atoms with Gasteiger partial charge in [-0.25, -0.2) is 0 Å². The van der Waals surface area contributed by atoms with Crippen LogP contribution in [0.15, 0.2) is 125 Å². The third-order valence-electron chi connectivity index (χ3n) is 8.60. The predicted molar refractivity (Wildman–Crippen MR) is 196 cm³/mol. The fraction of sp³-hybridized carbons (Fsp3) is 0.150. The number of carbonyl (C=O) groups is 2. The fourth-order valence-corrected chi connectivity index (χ4v) is 7.90. The van der Waals surface area contributed by atoms with Crippen LogP contribution >= 0.6 is 23.1 Å². The maximum Gasteiger partial charge on any atom is 0.301 e. The van der Waals surface area contributed by atoms with E-state index >= 15 is 0 Å². The Morgan fingerprint density at radius 2 is 1.63 bits per heavy atom. The predicted octanol–water partition coefficient (Wildman–Crippen LogP) is 9.06. The van der Waals surface area contributed by atoms with Gasteiger partial charge in [-0.3, -0.25) is 14.5 Å². The van der Waals surface area contributed by atoms with Crippen LogP contribution < -0.4 is 9.64 Å². The van der Waals surface area contributed by atoms with Crippen molar-refractivity contribution in [3.8, 4) is 5.75 Å². The minimum absolute atomic E-state index is 0.00263. The van der Waals surface area contributed by atoms with Crippen molar-refractivity contribution in [3.05, 3.63) is 154 Å². The Hall–Kier alpha value is -5.25. The van der Waals surface area contributed by atoms with Gasteiger partial charge in [-0.05, 0) is 70.6 Å². The van der Waals surface area contributed by atoms with Crippen molar-refractivity contribution in [1.29, 1.82) is 0 Å². The maximum atomic E-state index is 13.7. The Labute approximate surface area is 292 Å². The van der Waals surface area contributed by atoms with Gasteiger partial charge in [-0.1, -0.05) is 127 Å². The highest BCUT2D eigenvalue weighted by atomic mass is 32.2. The zero-order chi connectivity index (χ0) is 33.9. The van der Waals surface area contributed by atoms with Crippen molar-refractivity contribution in [2.75, 3.05) is 4.90 Å². The Kier molecular flexibility index (Phi) is 9.28. The van der Waals surface area contributed by atoms with E-state index in [9.17, 15) is 14.7 Å². The first-order valence-corrected chi connectivity index (χ1v) is 17.8. The van der Waals surface area contributed by atoms with Crippen LogP contribution in [0.3, 0.4) is 0 Å². The van der Waals surface area contributed by atoms with E-state index in [0.29, 0.717) is 38.7 Å². The molecular weight excluding hydrogens is 651 g/mol. The second kappa shape index (κ2) is 14.1. The van der Waals surface area contributed by atoms with E-state index in [4.69, 9.17) is 4.74 Å². The molecule has 49 heavy (non-hydrogen) atoms. The standard InChI is InChI=1S/C40H33N3O4S2/c1-3-26-14-16-29(17-15-26)35-34(36(44)30-18-20-32(21-19-30)47-23-27-9-6-8-25(2)22-27)37(45)38(46)43(35)39-41-42-40(49-39)48-24-31-12-7-11-28-10-4-5-13-33(28)31/h4-22,35,44H,3,23-24H2,1-2H3/b36-34+. The Morgan fingerprint density at radius 3 is 2.41 bits per heavy atom. The Morgan fingerprint density at radius 1 is 0.878 bits per heavy atom. The van der Waals surface area contributed by atoms with E-state index in [1.54, 1.807) is 24.3 Å². The number of anilines is 1. The van der Waals surface area contributed by atoms with Crippen LogP contribution in [0.5, 0.6) is 5.75 Å². The van der Waals surface area contributed by atoms with Crippen molar-refractivity contribution < 1.29 is 19.4 Å². The number of aliphatic hydroxyl groups excluding tert-OH is 1. The lowest BCUT2D eigenvalue weighted by Crippen LogP contribution is -2.29. The average molecular weight is 684 g/mol. The number of aryl methyl sites for hydroxylation is 2. The fourth-order valence-electron chi connectivity index (χ4n) is 6.03. The molecule has 0 radical (unpaired) electrons. The molecule has 1 saturated heterocycles. The Balaban J connectivity index is 1.18. The first-order valence-electron chi connectivity index (χ1n) is 16.0. The summed E-state index contributed by atoms with van der Waals surface area (Å²) in [4.78, 5) is 28.8. The van der Waals surface area contributed by atoms with Crippen molar-refractivity contribution in [1.82, 2.24) is 10.2 Å². The molecule has 1 aromatic heterocycles. The molecule has 9 heteroatoms. The van der Waals surface area contributed by atoms with Gasteiger partial charge in [0.05, 0.1) is 11.6 Å². The van der Waals surface area contributed by atoms with E-state index in [1.165, 1.54) is 44.3 Å². The van der Waals surface area contributed by atoms with E-state index < -0.39 is 17.7 Å². The summed E-state index contributed by atoms with van der Waals surface area (Å²) in [6.45, 7) is 4.50. The quantitative estimate of drug-likeness (QED) is 0.0506. The highest BCUT2D eigenvalue weighted by molar-refractivity contribution is 8.00. The monoisotopic (exact) mass is 683 g/mol. The largest absolute Gasteiger partial charge is 0.507 e. The lowest BCUT2D eigenvalue weighted by molar-refractivity contribution is -0.132. The van der Waals surface area contributed by atoms with E-state index in [0.717, 1.165) is 23.1 Å². The molecule has 1 aliphatic rings. The van der Waals surface area contributed by atoms with Crippen molar-refractivity contribution in [2.45, 2.75) is 43.0 Å². The number of aliphatic hydroxyl groups is 1. The number of nitrogens with zero attached hydrogens (tertiary/aromatic N) is 3. The van der Waals surface area contributed by atoms with E-state index in [1.807, 2.05) is 67.6 Å². The van der Waals surface area contributed by atoms with Crippen LogP contribution in [-0.2, 0) is 28.4 Å². The summed E-state index contributed by atoms with van der Waals surface area (Å²) in [7, 11) is 0. The zero-order valence-electron chi connectivity index (χ0n) is 27.0. The molecule has 1 aliphatic heterocycles. The molecule has 1 unspecified atom stereocenters.